The van der Waals surface area contributed by atoms with Gasteiger partial charge in [0.15, 0.2) is 0 Å². The third-order valence-electron chi connectivity index (χ3n) is 11.4. The second kappa shape index (κ2) is 14.8. The summed E-state index contributed by atoms with van der Waals surface area (Å²) < 4.78 is 31.5. The summed E-state index contributed by atoms with van der Waals surface area (Å²) in [6, 6.07) is 22.2. The lowest BCUT2D eigenvalue weighted by Gasteiger charge is -2.46. The Kier molecular flexibility index (Phi) is 10.3. The molecular formula is C42H50N2O5S. The van der Waals surface area contributed by atoms with Crippen LogP contribution >= 0.6 is 0 Å². The second-order valence-electron chi connectivity index (χ2n) is 15.0. The lowest BCUT2D eigenvalue weighted by Crippen LogP contribution is -2.49. The van der Waals surface area contributed by atoms with Gasteiger partial charge in [-0.05, 0) is 105 Å². The first-order chi connectivity index (χ1) is 24.2. The zero-order valence-corrected chi connectivity index (χ0v) is 30.3. The van der Waals surface area contributed by atoms with Crippen molar-refractivity contribution < 1.29 is 23.3 Å². The maximum atomic E-state index is 14.4. The van der Waals surface area contributed by atoms with E-state index in [2.05, 4.69) is 46.5 Å². The number of fused-ring (bicyclic) bond motifs is 4. The van der Waals surface area contributed by atoms with E-state index in [1.54, 1.807) is 13.2 Å². The van der Waals surface area contributed by atoms with Crippen molar-refractivity contribution in [1.82, 2.24) is 0 Å². The molecule has 0 saturated heterocycles. The monoisotopic (exact) mass is 694 g/mol. The number of ketones is 1. The summed E-state index contributed by atoms with van der Waals surface area (Å²) in [7, 11) is -1.34. The number of allylic oxidation sites excluding steroid dienone is 1. The fourth-order valence-corrected chi connectivity index (χ4v) is 10.6. The minimum Gasteiger partial charge on any atom is -0.490 e. The van der Waals surface area contributed by atoms with Crippen molar-refractivity contribution in [2.75, 3.05) is 43.2 Å². The van der Waals surface area contributed by atoms with E-state index in [0.717, 1.165) is 62.2 Å². The van der Waals surface area contributed by atoms with Crippen LogP contribution < -0.4 is 9.64 Å². The van der Waals surface area contributed by atoms with Crippen LogP contribution in [0.2, 0.25) is 0 Å². The van der Waals surface area contributed by atoms with Gasteiger partial charge < -0.3 is 14.4 Å². The molecule has 2 aliphatic carbocycles. The van der Waals surface area contributed by atoms with Gasteiger partial charge in [0.25, 0.3) is 5.91 Å². The smallest absolute Gasteiger partial charge is 0.285 e. The minimum absolute atomic E-state index is 0.00165. The number of ether oxygens (including phenoxy) is 2. The van der Waals surface area contributed by atoms with Crippen molar-refractivity contribution >= 4 is 27.1 Å². The molecule has 1 spiro atoms. The molecule has 5 atom stereocenters. The van der Waals surface area contributed by atoms with Crippen LogP contribution in [0.3, 0.4) is 0 Å². The van der Waals surface area contributed by atoms with E-state index in [4.69, 9.17) is 9.47 Å². The summed E-state index contributed by atoms with van der Waals surface area (Å²) in [5, 5.41) is 0. The Balaban J connectivity index is 1.24. The van der Waals surface area contributed by atoms with Crippen molar-refractivity contribution in [1.29, 1.82) is 0 Å². The number of methoxy groups -OCH3 is 1. The molecule has 8 heteroatoms. The van der Waals surface area contributed by atoms with Gasteiger partial charge in [0.05, 0.1) is 33.9 Å². The van der Waals surface area contributed by atoms with E-state index in [9.17, 15) is 13.8 Å². The predicted octanol–water partition coefficient (Wildman–Crippen LogP) is 7.67. The highest BCUT2D eigenvalue weighted by Gasteiger charge is 2.44. The van der Waals surface area contributed by atoms with Gasteiger partial charge in [-0.3, -0.25) is 9.59 Å². The summed E-state index contributed by atoms with van der Waals surface area (Å²) in [4.78, 5) is 29.6. The molecular weight excluding hydrogens is 645 g/mol. The van der Waals surface area contributed by atoms with Crippen LogP contribution in [0.5, 0.6) is 5.75 Å². The Bertz CT molecular complexity index is 1880. The topological polar surface area (TPSA) is 85.3 Å². The molecule has 7 nitrogen and oxygen atoms in total. The quantitative estimate of drug-likeness (QED) is 0.246. The first-order valence-corrected chi connectivity index (χ1v) is 20.2. The molecule has 2 heterocycles. The molecule has 4 aliphatic rings. The maximum Gasteiger partial charge on any atom is 0.285 e. The zero-order chi connectivity index (χ0) is 34.7. The number of amides is 1. The minimum atomic E-state index is -3.13. The van der Waals surface area contributed by atoms with Crippen LogP contribution in [-0.4, -0.2) is 60.3 Å². The summed E-state index contributed by atoms with van der Waals surface area (Å²) in [5.74, 6) is 0.883. The first kappa shape index (κ1) is 34.7. The number of nitrogens with zero attached hydrogens (tertiary/aromatic N) is 2. The van der Waals surface area contributed by atoms with Crippen LogP contribution in [0.1, 0.15) is 77.6 Å². The number of hydrogen-bond acceptors (Lipinski definition) is 6. The zero-order valence-electron chi connectivity index (χ0n) is 29.5. The van der Waals surface area contributed by atoms with E-state index < -0.39 is 15.6 Å². The standard InChI is InChI=1S/C42H50N2O5S/c1-30-14-20-37-32(24-30)12-9-22-42(37)28-44-26-34-16-19-36(34)39(48-2)13-7-4-8-23-50(47,27-35(45)18-15-31-10-5-3-6-11-31)43-41(46)33-17-21-40(49-29-42)38(44)25-33/h3,5-7,10-11,13-14,17,20-21,24-25,34,36,39H,4,8-9,12,15-16,18-19,22-23,26-29H2,1-2H3/b13-7+/t34-,36+,39-,42-,50?/m0/s1. The maximum absolute atomic E-state index is 14.4. The van der Waals surface area contributed by atoms with E-state index >= 15 is 0 Å². The van der Waals surface area contributed by atoms with Crippen molar-refractivity contribution in [3.8, 4) is 5.75 Å². The number of carbonyl (C=O) groups is 2. The molecule has 264 valence electrons. The van der Waals surface area contributed by atoms with Crippen LogP contribution in [0, 0.1) is 18.8 Å². The summed E-state index contributed by atoms with van der Waals surface area (Å²) in [6.45, 7) is 4.35. The number of benzene rings is 3. The molecule has 7 rings (SSSR count). The second-order valence-corrected chi connectivity index (χ2v) is 17.4. The molecule has 1 unspecified atom stereocenters. The van der Waals surface area contributed by atoms with Gasteiger partial charge in [0.2, 0.25) is 0 Å². The largest absolute Gasteiger partial charge is 0.490 e. The molecule has 1 fully saturated rings. The SMILES string of the molecule is CO[C@H]1/C=C/CCCS(=O)(CC(=O)CCc2ccccc2)=NC(=O)c2ccc3c(c2)N(C[C@@H]2CC[C@H]21)C[C@@]1(CCCc2cc(C)ccc21)CO3. The highest BCUT2D eigenvalue weighted by molar-refractivity contribution is 7.94. The summed E-state index contributed by atoms with van der Waals surface area (Å²) >= 11 is 0. The van der Waals surface area contributed by atoms with Gasteiger partial charge in [0, 0.05) is 43.4 Å². The molecule has 50 heavy (non-hydrogen) atoms. The molecule has 0 radical (unpaired) electrons. The van der Waals surface area contributed by atoms with Gasteiger partial charge in [0.1, 0.15) is 11.5 Å². The molecule has 2 aliphatic heterocycles. The lowest BCUT2D eigenvalue weighted by molar-refractivity contribution is -0.116. The van der Waals surface area contributed by atoms with Crippen molar-refractivity contribution in [3.05, 3.63) is 107 Å². The fourth-order valence-electron chi connectivity index (χ4n) is 8.60. The molecule has 2 bridgehead atoms. The third-order valence-corrected chi connectivity index (χ3v) is 13.6. The van der Waals surface area contributed by atoms with Gasteiger partial charge in [-0.1, -0.05) is 66.2 Å². The molecule has 0 N–H and O–H groups in total. The van der Waals surface area contributed by atoms with E-state index in [1.807, 2.05) is 42.5 Å². The van der Waals surface area contributed by atoms with Crippen LogP contribution in [0.25, 0.3) is 0 Å². The van der Waals surface area contributed by atoms with Gasteiger partial charge in [-0.25, -0.2) is 4.21 Å². The average Bonchev–Trinajstić information content (AvgIpc) is 3.25. The highest BCUT2D eigenvalue weighted by Crippen LogP contribution is 2.47. The van der Waals surface area contributed by atoms with Gasteiger partial charge >= 0.3 is 0 Å². The summed E-state index contributed by atoms with van der Waals surface area (Å²) in [5.41, 5.74) is 6.21. The van der Waals surface area contributed by atoms with E-state index in [0.29, 0.717) is 43.3 Å². The number of aryl methyl sites for hydroxylation is 3. The predicted molar refractivity (Wildman–Crippen MR) is 200 cm³/mol. The summed E-state index contributed by atoms with van der Waals surface area (Å²) in [6.07, 6.45) is 11.8. The van der Waals surface area contributed by atoms with Gasteiger partial charge in [-0.2, -0.15) is 4.36 Å². The number of anilines is 1. The number of Topliss-reactive ketones (excluding diaryl/α,β-unsaturated/α-hetero) is 1. The van der Waals surface area contributed by atoms with Crippen LogP contribution in [-0.2, 0) is 37.5 Å². The van der Waals surface area contributed by atoms with Gasteiger partial charge in [-0.15, -0.1) is 0 Å². The Morgan fingerprint density at radius 1 is 1.08 bits per heavy atom. The van der Waals surface area contributed by atoms with Crippen molar-refractivity contribution in [2.24, 2.45) is 16.2 Å². The van der Waals surface area contributed by atoms with Crippen molar-refractivity contribution in [3.63, 3.8) is 0 Å². The highest BCUT2D eigenvalue weighted by atomic mass is 32.2. The number of carbonyl (C=O) groups excluding carboxylic acids is 2. The van der Waals surface area contributed by atoms with E-state index in [1.165, 1.54) is 16.7 Å². The average molecular weight is 695 g/mol. The number of rotatable bonds is 6. The lowest BCUT2D eigenvalue weighted by atomic mass is 9.68. The molecule has 0 aromatic heterocycles. The molecule has 3 aromatic rings. The van der Waals surface area contributed by atoms with E-state index in [-0.39, 0.29) is 35.2 Å². The Labute approximate surface area is 297 Å². The Hall–Kier alpha value is -3.75. The molecule has 1 saturated carbocycles. The fraction of sp³-hybridized carbons (Fsp3) is 0.476. The molecule has 3 aromatic carbocycles. The first-order valence-electron chi connectivity index (χ1n) is 18.4. The van der Waals surface area contributed by atoms with Crippen LogP contribution in [0.4, 0.5) is 5.69 Å². The van der Waals surface area contributed by atoms with Crippen LogP contribution in [0.15, 0.2) is 83.2 Å². The third kappa shape index (κ3) is 7.47. The Morgan fingerprint density at radius 3 is 2.74 bits per heavy atom. The normalized spacial score (nSPS) is 28.6. The van der Waals surface area contributed by atoms with Crippen molar-refractivity contribution in [2.45, 2.75) is 76.2 Å². The Morgan fingerprint density at radius 2 is 1.94 bits per heavy atom. The number of hydrogen-bond donors (Lipinski definition) is 0. The molecule has 1 amide bonds.